The van der Waals surface area contributed by atoms with Gasteiger partial charge in [-0.05, 0) is 31.1 Å². The summed E-state index contributed by atoms with van der Waals surface area (Å²) in [6, 6.07) is 0. The average Bonchev–Trinajstić information content (AvgIpc) is 3.08. The Labute approximate surface area is 148 Å². The molecule has 0 spiro atoms. The van der Waals surface area contributed by atoms with Crippen molar-refractivity contribution in [2.75, 3.05) is 0 Å². The monoisotopic (exact) mass is 410 g/mol. The molecule has 0 amide bonds. The molecule has 5 unspecified atom stereocenters. The summed E-state index contributed by atoms with van der Waals surface area (Å²) in [7, 11) is 0. The average molecular weight is 410 g/mol. The summed E-state index contributed by atoms with van der Waals surface area (Å²) in [5, 5.41) is 5.93. The second-order valence-electron chi connectivity index (χ2n) is 6.13. The molecule has 0 saturated heterocycles. The third-order valence-corrected chi connectivity index (χ3v) is 4.99. The first kappa shape index (κ1) is 21.1. The van der Waals surface area contributed by atoms with Crippen LogP contribution in [0.4, 0.5) is 22.0 Å². The third-order valence-electron chi connectivity index (χ3n) is 4.42. The van der Waals surface area contributed by atoms with Crippen molar-refractivity contribution >= 4 is 24.0 Å². The fraction of sp³-hybridized carbons (Fsp3) is 0.846. The summed E-state index contributed by atoms with van der Waals surface area (Å²) in [6.45, 7) is 1.21. The minimum Gasteiger partial charge on any atom is -0.462 e. The zero-order valence-corrected chi connectivity index (χ0v) is 14.0. The Morgan fingerprint density at radius 1 is 1.12 bits per heavy atom. The second kappa shape index (κ2) is 7.82. The SMILES string of the molecule is CC(=O)OC1CC2CC1CC2C(=O)OC(C(F)(F)F)C(F)(F)SOOO. The molecule has 2 bridgehead atoms. The number of hydrogen-bond donors (Lipinski definition) is 1. The molecule has 5 atom stereocenters. The number of fused-ring (bicyclic) bond motifs is 2. The van der Waals surface area contributed by atoms with Gasteiger partial charge in [0, 0.05) is 6.92 Å². The van der Waals surface area contributed by atoms with Crippen LogP contribution < -0.4 is 0 Å². The number of rotatable bonds is 7. The van der Waals surface area contributed by atoms with Crippen LogP contribution in [0.5, 0.6) is 0 Å². The van der Waals surface area contributed by atoms with Crippen molar-refractivity contribution in [2.45, 2.75) is 49.8 Å². The predicted molar refractivity (Wildman–Crippen MR) is 73.1 cm³/mol. The Kier molecular flexibility index (Phi) is 6.36. The van der Waals surface area contributed by atoms with Crippen LogP contribution in [0.1, 0.15) is 26.2 Å². The lowest BCUT2D eigenvalue weighted by molar-refractivity contribution is -0.434. The van der Waals surface area contributed by atoms with Gasteiger partial charge in [0.15, 0.2) is 0 Å². The molecule has 0 radical (unpaired) electrons. The summed E-state index contributed by atoms with van der Waals surface area (Å²) < 4.78 is 78.4. The van der Waals surface area contributed by atoms with Crippen LogP contribution in [-0.4, -0.2) is 40.8 Å². The number of hydrogen-bond acceptors (Lipinski definition) is 8. The molecule has 1 N–H and O–H groups in total. The van der Waals surface area contributed by atoms with Crippen molar-refractivity contribution in [3.05, 3.63) is 0 Å². The molecular formula is C13H15F5O7S. The smallest absolute Gasteiger partial charge is 0.432 e. The topological polar surface area (TPSA) is 91.3 Å². The van der Waals surface area contributed by atoms with Gasteiger partial charge in [0.1, 0.15) is 18.1 Å². The minimum atomic E-state index is -5.58. The largest absolute Gasteiger partial charge is 0.462 e. The Bertz CT molecular complexity index is 543. The molecule has 2 rings (SSSR count). The molecule has 0 aliphatic heterocycles. The standard InChI is InChI=1S/C13H15F5O7S/c1-5(19)22-9-4-6-2-7(9)3-8(6)10(20)23-11(12(14,15)16)13(17,18)26-25-24-21/h6-9,11,21H,2-4H2,1H3. The summed E-state index contributed by atoms with van der Waals surface area (Å²) in [4.78, 5) is 23.0. The molecule has 7 nitrogen and oxygen atoms in total. The van der Waals surface area contributed by atoms with Crippen molar-refractivity contribution < 1.29 is 55.6 Å². The number of carbonyl (C=O) groups is 2. The van der Waals surface area contributed by atoms with Crippen LogP contribution in [0.15, 0.2) is 0 Å². The van der Waals surface area contributed by atoms with Crippen molar-refractivity contribution in [1.29, 1.82) is 0 Å². The van der Waals surface area contributed by atoms with E-state index in [0.717, 1.165) is 0 Å². The molecule has 26 heavy (non-hydrogen) atoms. The van der Waals surface area contributed by atoms with Gasteiger partial charge in [0.25, 0.3) is 6.10 Å². The van der Waals surface area contributed by atoms with Crippen LogP contribution in [0, 0.1) is 17.8 Å². The summed E-state index contributed by atoms with van der Waals surface area (Å²) in [6.07, 6.45) is -9.03. The third kappa shape index (κ3) is 4.75. The van der Waals surface area contributed by atoms with Gasteiger partial charge < -0.3 is 9.47 Å². The molecule has 2 aliphatic rings. The van der Waals surface area contributed by atoms with Crippen LogP contribution in [-0.2, 0) is 28.4 Å². The van der Waals surface area contributed by atoms with Crippen LogP contribution >= 0.6 is 12.0 Å². The highest BCUT2D eigenvalue weighted by Crippen LogP contribution is 2.51. The normalized spacial score (nSPS) is 29.5. The van der Waals surface area contributed by atoms with E-state index in [1.807, 2.05) is 0 Å². The molecule has 13 heteroatoms. The molecule has 2 aliphatic carbocycles. The molecular weight excluding hydrogens is 395 g/mol. The van der Waals surface area contributed by atoms with E-state index in [-0.39, 0.29) is 18.8 Å². The lowest BCUT2D eigenvalue weighted by Crippen LogP contribution is -2.47. The van der Waals surface area contributed by atoms with E-state index in [9.17, 15) is 31.5 Å². The van der Waals surface area contributed by atoms with Gasteiger partial charge >= 0.3 is 23.4 Å². The quantitative estimate of drug-likeness (QED) is 0.225. The zero-order valence-electron chi connectivity index (χ0n) is 13.2. The highest BCUT2D eigenvalue weighted by Gasteiger charge is 2.62. The molecule has 0 aromatic carbocycles. The van der Waals surface area contributed by atoms with Crippen molar-refractivity contribution in [1.82, 2.24) is 0 Å². The van der Waals surface area contributed by atoms with Gasteiger partial charge in [-0.1, -0.05) is 5.04 Å². The van der Waals surface area contributed by atoms with E-state index in [1.54, 1.807) is 0 Å². The van der Waals surface area contributed by atoms with Gasteiger partial charge in [-0.25, -0.2) is 5.26 Å². The Balaban J connectivity index is 2.02. The van der Waals surface area contributed by atoms with Gasteiger partial charge in [-0.15, -0.1) is 4.33 Å². The lowest BCUT2D eigenvalue weighted by atomic mass is 9.87. The van der Waals surface area contributed by atoms with Crippen molar-refractivity contribution in [3.63, 3.8) is 0 Å². The number of esters is 2. The highest BCUT2D eigenvalue weighted by molar-refractivity contribution is 7.95. The summed E-state index contributed by atoms with van der Waals surface area (Å²) in [5.74, 6) is -3.56. The van der Waals surface area contributed by atoms with E-state index < -0.39 is 59.5 Å². The number of ether oxygens (including phenoxy) is 2. The first-order valence-corrected chi connectivity index (χ1v) is 8.18. The molecule has 0 aromatic heterocycles. The van der Waals surface area contributed by atoms with E-state index in [1.165, 1.54) is 6.92 Å². The fourth-order valence-electron chi connectivity index (χ4n) is 3.50. The highest BCUT2D eigenvalue weighted by atomic mass is 32.2. The van der Waals surface area contributed by atoms with Crippen LogP contribution in [0.3, 0.4) is 0 Å². The molecule has 150 valence electrons. The molecule has 2 saturated carbocycles. The Hall–Kier alpha value is -1.18. The van der Waals surface area contributed by atoms with E-state index in [2.05, 4.69) is 14.1 Å². The first-order valence-electron chi connectivity index (χ1n) is 7.44. The van der Waals surface area contributed by atoms with Crippen LogP contribution in [0.2, 0.25) is 0 Å². The maximum Gasteiger partial charge on any atom is 0.432 e. The van der Waals surface area contributed by atoms with E-state index in [0.29, 0.717) is 6.42 Å². The van der Waals surface area contributed by atoms with Crippen LogP contribution in [0.25, 0.3) is 0 Å². The maximum atomic E-state index is 13.6. The lowest BCUT2D eigenvalue weighted by Gasteiger charge is -2.30. The first-order chi connectivity index (χ1) is 12.0. The summed E-state index contributed by atoms with van der Waals surface area (Å²) in [5.41, 5.74) is 0. The molecule has 0 aromatic rings. The number of halogens is 5. The van der Waals surface area contributed by atoms with Gasteiger partial charge in [-0.3, -0.25) is 9.59 Å². The van der Waals surface area contributed by atoms with Gasteiger partial charge in [0.2, 0.25) is 0 Å². The van der Waals surface area contributed by atoms with E-state index >= 15 is 0 Å². The minimum absolute atomic E-state index is 0.0843. The number of carbonyl (C=O) groups excluding carboxylic acids is 2. The van der Waals surface area contributed by atoms with Gasteiger partial charge in [0.05, 0.1) is 5.92 Å². The zero-order chi connectivity index (χ0) is 19.7. The second-order valence-corrected chi connectivity index (χ2v) is 6.97. The Morgan fingerprint density at radius 3 is 2.23 bits per heavy atom. The van der Waals surface area contributed by atoms with Crippen molar-refractivity contribution in [2.24, 2.45) is 17.8 Å². The molecule has 2 fully saturated rings. The maximum absolute atomic E-state index is 13.6. The summed E-state index contributed by atoms with van der Waals surface area (Å²) >= 11 is -1.14. The fourth-order valence-corrected chi connectivity index (χ4v) is 3.89. The predicted octanol–water partition coefficient (Wildman–Crippen LogP) is 3.10. The van der Waals surface area contributed by atoms with Gasteiger partial charge in [-0.2, -0.15) is 22.0 Å². The molecule has 0 heterocycles. The van der Waals surface area contributed by atoms with Crippen molar-refractivity contribution in [3.8, 4) is 0 Å². The number of alkyl halides is 5. The van der Waals surface area contributed by atoms with E-state index in [4.69, 9.17) is 9.99 Å². The Morgan fingerprint density at radius 2 is 1.77 bits per heavy atom.